The maximum Gasteiger partial charge on any atom is 0.133 e. The van der Waals surface area contributed by atoms with E-state index in [4.69, 9.17) is 0 Å². The summed E-state index contributed by atoms with van der Waals surface area (Å²) in [6.07, 6.45) is 5.45. The molecule has 0 aliphatic rings. The van der Waals surface area contributed by atoms with E-state index < -0.39 is 0 Å². The number of aromatic nitrogens is 3. The van der Waals surface area contributed by atoms with Gasteiger partial charge in [0.25, 0.3) is 0 Å². The van der Waals surface area contributed by atoms with Crippen LogP contribution in [0.25, 0.3) is 0 Å². The number of hydrogen-bond acceptors (Lipinski definition) is 5. The smallest absolute Gasteiger partial charge is 0.133 e. The van der Waals surface area contributed by atoms with E-state index in [2.05, 4.69) is 34.1 Å². The Bertz CT molecular complexity index is 516. The fourth-order valence-electron chi connectivity index (χ4n) is 1.79. The number of nitrogens with zero attached hydrogens (tertiary/aromatic N) is 3. The van der Waals surface area contributed by atoms with Crippen LogP contribution in [0, 0.1) is 0 Å². The van der Waals surface area contributed by atoms with E-state index in [0.717, 1.165) is 35.3 Å². The Morgan fingerprint density at radius 3 is 2.74 bits per heavy atom. The minimum atomic E-state index is 0.863. The summed E-state index contributed by atoms with van der Waals surface area (Å²) in [7, 11) is 0. The molecule has 2 rings (SSSR count). The highest BCUT2D eigenvalue weighted by molar-refractivity contribution is 7.99. The molecule has 0 aliphatic heterocycles. The first-order valence-electron chi connectivity index (χ1n) is 6.51. The summed E-state index contributed by atoms with van der Waals surface area (Å²) in [6, 6.07) is 5.90. The van der Waals surface area contributed by atoms with Crippen molar-refractivity contribution in [2.24, 2.45) is 0 Å². The molecule has 0 spiro atoms. The minimum Gasteiger partial charge on any atom is -0.370 e. The summed E-state index contributed by atoms with van der Waals surface area (Å²) in [5.74, 6) is 0.942. The number of pyridine rings is 1. The predicted octanol–water partition coefficient (Wildman–Crippen LogP) is 3.41. The van der Waals surface area contributed by atoms with E-state index in [9.17, 15) is 0 Å². The molecule has 0 saturated carbocycles. The lowest BCUT2D eigenvalue weighted by atomic mass is 10.2. The van der Waals surface area contributed by atoms with Gasteiger partial charge in [-0.2, -0.15) is 0 Å². The Kier molecular flexibility index (Phi) is 5.15. The van der Waals surface area contributed by atoms with Crippen LogP contribution < -0.4 is 5.32 Å². The predicted molar refractivity (Wildman–Crippen MR) is 78.6 cm³/mol. The molecule has 19 heavy (non-hydrogen) atoms. The topological polar surface area (TPSA) is 50.7 Å². The summed E-state index contributed by atoms with van der Waals surface area (Å²) in [4.78, 5) is 13.1. The minimum absolute atomic E-state index is 0.863. The second-order valence-electron chi connectivity index (χ2n) is 4.06. The zero-order valence-electron chi connectivity index (χ0n) is 11.3. The average Bonchev–Trinajstić information content (AvgIpc) is 2.44. The highest BCUT2D eigenvalue weighted by Crippen LogP contribution is 2.30. The number of hydrogen-bond donors (Lipinski definition) is 1. The second-order valence-corrected chi connectivity index (χ2v) is 5.07. The summed E-state index contributed by atoms with van der Waals surface area (Å²) in [5.41, 5.74) is 1.18. The summed E-state index contributed by atoms with van der Waals surface area (Å²) in [5, 5.41) is 5.25. The highest BCUT2D eigenvalue weighted by atomic mass is 32.2. The number of anilines is 1. The molecule has 0 aliphatic carbocycles. The third-order valence-corrected chi connectivity index (χ3v) is 3.58. The fourth-order valence-corrected chi connectivity index (χ4v) is 2.67. The van der Waals surface area contributed by atoms with Gasteiger partial charge < -0.3 is 5.32 Å². The number of rotatable bonds is 6. The SMILES string of the molecule is CCCc1c(NCC)ncnc1Sc1ccccn1. The van der Waals surface area contributed by atoms with Crippen LogP contribution in [0.5, 0.6) is 0 Å². The number of nitrogens with one attached hydrogen (secondary N) is 1. The molecule has 0 saturated heterocycles. The van der Waals surface area contributed by atoms with E-state index in [0.29, 0.717) is 0 Å². The maximum atomic E-state index is 4.41. The van der Waals surface area contributed by atoms with Crippen molar-refractivity contribution in [1.29, 1.82) is 0 Å². The quantitative estimate of drug-likeness (QED) is 0.818. The lowest BCUT2D eigenvalue weighted by Gasteiger charge is -2.12. The maximum absolute atomic E-state index is 4.41. The molecular formula is C14H18N4S. The lowest BCUT2D eigenvalue weighted by Crippen LogP contribution is -2.06. The Morgan fingerprint density at radius 2 is 2.05 bits per heavy atom. The third-order valence-electron chi connectivity index (χ3n) is 2.59. The molecule has 0 radical (unpaired) electrons. The van der Waals surface area contributed by atoms with Gasteiger partial charge in [-0.15, -0.1) is 0 Å². The molecule has 0 bridgehead atoms. The molecule has 2 aromatic rings. The monoisotopic (exact) mass is 274 g/mol. The van der Waals surface area contributed by atoms with Crippen LogP contribution in [0.2, 0.25) is 0 Å². The molecule has 2 aromatic heterocycles. The van der Waals surface area contributed by atoms with Crippen molar-refractivity contribution in [1.82, 2.24) is 15.0 Å². The van der Waals surface area contributed by atoms with Crippen molar-refractivity contribution in [3.8, 4) is 0 Å². The largest absolute Gasteiger partial charge is 0.370 e. The van der Waals surface area contributed by atoms with Crippen LogP contribution in [0.1, 0.15) is 25.8 Å². The van der Waals surface area contributed by atoms with Gasteiger partial charge in [0.2, 0.25) is 0 Å². The van der Waals surface area contributed by atoms with Gasteiger partial charge in [0.1, 0.15) is 22.2 Å². The van der Waals surface area contributed by atoms with Crippen LogP contribution in [-0.2, 0) is 6.42 Å². The summed E-state index contributed by atoms with van der Waals surface area (Å²) < 4.78 is 0. The van der Waals surface area contributed by atoms with Crippen LogP contribution in [-0.4, -0.2) is 21.5 Å². The van der Waals surface area contributed by atoms with E-state index in [1.807, 2.05) is 18.2 Å². The highest BCUT2D eigenvalue weighted by Gasteiger charge is 2.11. The van der Waals surface area contributed by atoms with Gasteiger partial charge in [0.15, 0.2) is 0 Å². The van der Waals surface area contributed by atoms with E-state index in [1.165, 1.54) is 5.56 Å². The Hall–Kier alpha value is -1.62. The van der Waals surface area contributed by atoms with Gasteiger partial charge in [-0.1, -0.05) is 19.4 Å². The van der Waals surface area contributed by atoms with E-state index in [1.54, 1.807) is 24.3 Å². The summed E-state index contributed by atoms with van der Waals surface area (Å²) >= 11 is 1.59. The first-order valence-corrected chi connectivity index (χ1v) is 7.33. The second kappa shape index (κ2) is 7.09. The molecule has 2 heterocycles. The molecule has 4 nitrogen and oxygen atoms in total. The van der Waals surface area contributed by atoms with Crippen molar-refractivity contribution >= 4 is 17.6 Å². The standard InChI is InChI=1S/C14H18N4S/c1-3-7-11-13(15-4-2)17-10-18-14(11)19-12-8-5-6-9-16-12/h5-6,8-10H,3-4,7H2,1-2H3,(H,15,17,18). The average molecular weight is 274 g/mol. The van der Waals surface area contributed by atoms with Gasteiger partial charge >= 0.3 is 0 Å². The molecule has 1 N–H and O–H groups in total. The van der Waals surface area contributed by atoms with Crippen LogP contribution in [0.4, 0.5) is 5.82 Å². The van der Waals surface area contributed by atoms with Crippen molar-refractivity contribution in [2.75, 3.05) is 11.9 Å². The van der Waals surface area contributed by atoms with Gasteiger partial charge in [0.05, 0.1) is 0 Å². The lowest BCUT2D eigenvalue weighted by molar-refractivity contribution is 0.854. The molecule has 0 unspecified atom stereocenters. The molecule has 0 fully saturated rings. The Labute approximate surface area is 118 Å². The Morgan fingerprint density at radius 1 is 1.16 bits per heavy atom. The summed E-state index contributed by atoms with van der Waals surface area (Å²) in [6.45, 7) is 5.10. The first kappa shape index (κ1) is 13.8. The molecule has 5 heteroatoms. The molecule has 0 aromatic carbocycles. The molecule has 100 valence electrons. The molecule has 0 amide bonds. The normalized spacial score (nSPS) is 10.4. The van der Waals surface area contributed by atoms with Gasteiger partial charge in [0, 0.05) is 18.3 Å². The van der Waals surface area contributed by atoms with Gasteiger partial charge in [-0.3, -0.25) is 0 Å². The van der Waals surface area contributed by atoms with Gasteiger partial charge in [-0.05, 0) is 37.2 Å². The molecule has 0 atom stereocenters. The zero-order chi connectivity index (χ0) is 13.5. The van der Waals surface area contributed by atoms with Crippen molar-refractivity contribution < 1.29 is 0 Å². The van der Waals surface area contributed by atoms with Crippen LogP contribution >= 0.6 is 11.8 Å². The Balaban J connectivity index is 2.30. The van der Waals surface area contributed by atoms with E-state index >= 15 is 0 Å². The van der Waals surface area contributed by atoms with Crippen LogP contribution in [0.15, 0.2) is 40.8 Å². The van der Waals surface area contributed by atoms with Crippen molar-refractivity contribution in [3.05, 3.63) is 36.3 Å². The molecular weight excluding hydrogens is 256 g/mol. The van der Waals surface area contributed by atoms with Gasteiger partial charge in [-0.25, -0.2) is 15.0 Å². The van der Waals surface area contributed by atoms with Crippen LogP contribution in [0.3, 0.4) is 0 Å². The van der Waals surface area contributed by atoms with E-state index in [-0.39, 0.29) is 0 Å². The first-order chi connectivity index (χ1) is 9.35. The zero-order valence-corrected chi connectivity index (χ0v) is 12.1. The fraction of sp³-hybridized carbons (Fsp3) is 0.357. The third kappa shape index (κ3) is 3.67. The van der Waals surface area contributed by atoms with Crippen molar-refractivity contribution in [2.45, 2.75) is 36.7 Å². The van der Waals surface area contributed by atoms with Crippen molar-refractivity contribution in [3.63, 3.8) is 0 Å².